The number of amides is 1. The monoisotopic (exact) mass is 308 g/mol. The van der Waals surface area contributed by atoms with E-state index in [1.165, 1.54) is 0 Å². The summed E-state index contributed by atoms with van der Waals surface area (Å²) in [4.78, 5) is 16.0. The lowest BCUT2D eigenvalue weighted by Crippen LogP contribution is -2.28. The number of hydrogen-bond donors (Lipinski definition) is 1. The van der Waals surface area contributed by atoms with Gasteiger partial charge in [-0.25, -0.2) is 0 Å². The minimum Gasteiger partial charge on any atom is -0.349 e. The van der Waals surface area contributed by atoms with Crippen LogP contribution in [-0.2, 0) is 11.2 Å². The summed E-state index contributed by atoms with van der Waals surface area (Å²) in [6, 6.07) is 8.85. The Balaban J connectivity index is 2.03. The molecule has 2 rings (SSSR count). The average molecular weight is 309 g/mol. The fraction of sp³-hybridized carbons (Fsp3) is 0.200. The van der Waals surface area contributed by atoms with E-state index in [0.717, 1.165) is 5.56 Å². The van der Waals surface area contributed by atoms with Gasteiger partial charge in [0.25, 0.3) is 0 Å². The van der Waals surface area contributed by atoms with Gasteiger partial charge in [0, 0.05) is 22.4 Å². The first kappa shape index (κ1) is 14.8. The molecule has 0 saturated heterocycles. The second kappa shape index (κ2) is 6.73. The van der Waals surface area contributed by atoms with E-state index in [9.17, 15) is 4.79 Å². The van der Waals surface area contributed by atoms with Gasteiger partial charge in [-0.05, 0) is 42.3 Å². The average Bonchev–Trinajstić information content (AvgIpc) is 2.44. The Bertz CT molecular complexity index is 582. The van der Waals surface area contributed by atoms with Gasteiger partial charge in [0.1, 0.15) is 0 Å². The zero-order valence-electron chi connectivity index (χ0n) is 10.9. The summed E-state index contributed by atoms with van der Waals surface area (Å²) in [7, 11) is 0. The minimum atomic E-state index is -0.121. The zero-order chi connectivity index (χ0) is 14.5. The Kier molecular flexibility index (Phi) is 4.99. The molecule has 0 spiro atoms. The van der Waals surface area contributed by atoms with Crippen molar-refractivity contribution < 1.29 is 4.79 Å². The van der Waals surface area contributed by atoms with Crippen LogP contribution in [0.3, 0.4) is 0 Å². The number of aromatic nitrogens is 1. The van der Waals surface area contributed by atoms with Gasteiger partial charge < -0.3 is 5.32 Å². The van der Waals surface area contributed by atoms with Gasteiger partial charge in [0.2, 0.25) is 5.91 Å². The number of nitrogens with one attached hydrogen (secondary N) is 1. The Hall–Kier alpha value is -1.58. The maximum absolute atomic E-state index is 12.1. The molecule has 0 bridgehead atoms. The first-order valence-electron chi connectivity index (χ1n) is 6.20. The zero-order valence-corrected chi connectivity index (χ0v) is 12.4. The Morgan fingerprint density at radius 3 is 2.40 bits per heavy atom. The van der Waals surface area contributed by atoms with Crippen molar-refractivity contribution in [3.05, 3.63) is 63.9 Å². The summed E-state index contributed by atoms with van der Waals surface area (Å²) in [5.74, 6) is -0.121. The molecule has 1 N–H and O–H groups in total. The highest BCUT2D eigenvalue weighted by molar-refractivity contribution is 6.36. The van der Waals surface area contributed by atoms with E-state index in [1.807, 2.05) is 19.1 Å². The van der Waals surface area contributed by atoms with Crippen LogP contribution in [0.4, 0.5) is 0 Å². The second-order valence-electron chi connectivity index (χ2n) is 4.45. The van der Waals surface area contributed by atoms with E-state index in [1.54, 1.807) is 30.6 Å². The summed E-state index contributed by atoms with van der Waals surface area (Å²) in [5, 5.41) is 3.92. The van der Waals surface area contributed by atoms with Gasteiger partial charge in [-0.15, -0.1) is 0 Å². The van der Waals surface area contributed by atoms with Crippen molar-refractivity contribution in [2.45, 2.75) is 19.4 Å². The molecule has 0 unspecified atom stereocenters. The van der Waals surface area contributed by atoms with Crippen molar-refractivity contribution in [2.24, 2.45) is 0 Å². The minimum absolute atomic E-state index is 0.0910. The summed E-state index contributed by atoms with van der Waals surface area (Å²) < 4.78 is 0. The quantitative estimate of drug-likeness (QED) is 0.933. The van der Waals surface area contributed by atoms with Crippen molar-refractivity contribution in [2.75, 3.05) is 0 Å². The molecule has 0 radical (unpaired) electrons. The number of carbonyl (C=O) groups excluding carboxylic acids is 1. The number of carbonyl (C=O) groups is 1. The predicted molar refractivity (Wildman–Crippen MR) is 81.0 cm³/mol. The van der Waals surface area contributed by atoms with Crippen LogP contribution in [-0.4, -0.2) is 10.9 Å². The molecule has 0 aliphatic carbocycles. The molecule has 0 fully saturated rings. The standard InChI is InChI=1S/C15H14Cl2N2O/c1-10(11-5-7-18-8-6-11)19-15(20)9-12-13(16)3-2-4-14(12)17/h2-8,10H,9H2,1H3,(H,19,20)/t10-/m1/s1. The van der Waals surface area contributed by atoms with Crippen molar-refractivity contribution >= 4 is 29.1 Å². The summed E-state index contributed by atoms with van der Waals surface area (Å²) >= 11 is 12.1. The lowest BCUT2D eigenvalue weighted by Gasteiger charge is -2.14. The molecular weight excluding hydrogens is 295 g/mol. The van der Waals surface area contributed by atoms with Gasteiger partial charge in [-0.3, -0.25) is 9.78 Å². The molecule has 1 heterocycles. The summed E-state index contributed by atoms with van der Waals surface area (Å²) in [5.41, 5.74) is 1.65. The number of hydrogen-bond acceptors (Lipinski definition) is 2. The molecule has 1 aromatic carbocycles. The fourth-order valence-electron chi connectivity index (χ4n) is 1.89. The van der Waals surface area contributed by atoms with E-state index in [0.29, 0.717) is 15.6 Å². The Morgan fingerprint density at radius 1 is 1.20 bits per heavy atom. The molecule has 1 atom stereocenters. The van der Waals surface area contributed by atoms with E-state index in [-0.39, 0.29) is 18.4 Å². The van der Waals surface area contributed by atoms with Crippen molar-refractivity contribution in [1.29, 1.82) is 0 Å². The van der Waals surface area contributed by atoms with Gasteiger partial charge in [-0.2, -0.15) is 0 Å². The first-order chi connectivity index (χ1) is 9.58. The third-order valence-electron chi connectivity index (χ3n) is 2.98. The Morgan fingerprint density at radius 2 is 1.80 bits per heavy atom. The maximum atomic E-state index is 12.1. The molecule has 3 nitrogen and oxygen atoms in total. The molecule has 0 saturated carbocycles. The molecule has 5 heteroatoms. The largest absolute Gasteiger partial charge is 0.349 e. The number of rotatable bonds is 4. The molecule has 1 amide bonds. The van der Waals surface area contributed by atoms with Crippen molar-refractivity contribution in [3.8, 4) is 0 Å². The molecule has 0 aliphatic rings. The van der Waals surface area contributed by atoms with Crippen LogP contribution in [0.25, 0.3) is 0 Å². The van der Waals surface area contributed by atoms with Gasteiger partial charge >= 0.3 is 0 Å². The highest BCUT2D eigenvalue weighted by Crippen LogP contribution is 2.24. The van der Waals surface area contributed by atoms with E-state index >= 15 is 0 Å². The van der Waals surface area contributed by atoms with Crippen LogP contribution in [0.1, 0.15) is 24.1 Å². The number of benzene rings is 1. The van der Waals surface area contributed by atoms with Crippen LogP contribution in [0.15, 0.2) is 42.7 Å². The van der Waals surface area contributed by atoms with Crippen molar-refractivity contribution in [3.63, 3.8) is 0 Å². The van der Waals surface area contributed by atoms with Gasteiger partial charge in [-0.1, -0.05) is 29.3 Å². The smallest absolute Gasteiger partial charge is 0.225 e. The molecule has 0 aliphatic heterocycles. The SMILES string of the molecule is C[C@@H](NC(=O)Cc1c(Cl)cccc1Cl)c1ccncc1. The van der Waals surface area contributed by atoms with Crippen LogP contribution >= 0.6 is 23.2 Å². The molecule has 20 heavy (non-hydrogen) atoms. The normalized spacial score (nSPS) is 11.9. The predicted octanol–water partition coefficient (Wildman–Crippen LogP) is 3.81. The molecule has 2 aromatic rings. The third-order valence-corrected chi connectivity index (χ3v) is 3.69. The maximum Gasteiger partial charge on any atom is 0.225 e. The summed E-state index contributed by atoms with van der Waals surface area (Å²) in [6.07, 6.45) is 3.56. The fourth-order valence-corrected chi connectivity index (χ4v) is 2.42. The number of pyridine rings is 1. The molecular formula is C15H14Cl2N2O. The highest BCUT2D eigenvalue weighted by Gasteiger charge is 2.13. The number of nitrogens with zero attached hydrogens (tertiary/aromatic N) is 1. The van der Waals surface area contributed by atoms with Crippen LogP contribution in [0, 0.1) is 0 Å². The van der Waals surface area contributed by atoms with Gasteiger partial charge in [0.15, 0.2) is 0 Å². The lowest BCUT2D eigenvalue weighted by atomic mass is 10.1. The second-order valence-corrected chi connectivity index (χ2v) is 5.26. The lowest BCUT2D eigenvalue weighted by molar-refractivity contribution is -0.121. The molecule has 104 valence electrons. The van der Waals surface area contributed by atoms with Crippen LogP contribution in [0.2, 0.25) is 10.0 Å². The van der Waals surface area contributed by atoms with Crippen molar-refractivity contribution in [1.82, 2.24) is 10.3 Å². The highest BCUT2D eigenvalue weighted by atomic mass is 35.5. The Labute approximate surface area is 127 Å². The molecule has 1 aromatic heterocycles. The van der Waals surface area contributed by atoms with E-state index in [4.69, 9.17) is 23.2 Å². The third kappa shape index (κ3) is 3.71. The van der Waals surface area contributed by atoms with Crippen LogP contribution < -0.4 is 5.32 Å². The van der Waals surface area contributed by atoms with E-state index in [2.05, 4.69) is 10.3 Å². The first-order valence-corrected chi connectivity index (χ1v) is 6.95. The topological polar surface area (TPSA) is 42.0 Å². The number of halogens is 2. The van der Waals surface area contributed by atoms with Gasteiger partial charge in [0.05, 0.1) is 12.5 Å². The van der Waals surface area contributed by atoms with Crippen LogP contribution in [0.5, 0.6) is 0 Å². The summed E-state index contributed by atoms with van der Waals surface area (Å²) in [6.45, 7) is 1.92. The van der Waals surface area contributed by atoms with E-state index < -0.39 is 0 Å².